The van der Waals surface area contributed by atoms with Crippen molar-refractivity contribution >= 4 is 11.4 Å². The molecule has 1 aliphatic rings. The van der Waals surface area contributed by atoms with E-state index in [0.717, 1.165) is 24.5 Å². The average Bonchev–Trinajstić information content (AvgIpc) is 2.07. The molecule has 0 aliphatic carbocycles. The zero-order valence-electron chi connectivity index (χ0n) is 6.97. The van der Waals surface area contributed by atoms with Gasteiger partial charge < -0.3 is 10.2 Å². The fourth-order valence-electron chi connectivity index (χ4n) is 1.45. The maximum Gasteiger partial charge on any atom is 0.125 e. The van der Waals surface area contributed by atoms with Crippen molar-refractivity contribution in [2.45, 2.75) is 0 Å². The Labute approximate surface area is 71.0 Å². The molecule has 0 bridgehead atoms. The smallest absolute Gasteiger partial charge is 0.125 e. The van der Waals surface area contributed by atoms with Crippen molar-refractivity contribution in [3.05, 3.63) is 24.0 Å². The second-order valence-electron chi connectivity index (χ2n) is 3.01. The van der Waals surface area contributed by atoms with Gasteiger partial charge in [0.15, 0.2) is 0 Å². The highest BCUT2D eigenvalue weighted by Gasteiger charge is 2.12. The van der Waals surface area contributed by atoms with Crippen molar-refractivity contribution in [3.8, 4) is 0 Å². The van der Waals surface area contributed by atoms with Gasteiger partial charge in [-0.3, -0.25) is 0 Å². The fraction of sp³-hybridized carbons (Fsp3) is 0.333. The number of benzene rings is 1. The first-order valence-corrected chi connectivity index (χ1v) is 4.02. The summed E-state index contributed by atoms with van der Waals surface area (Å²) in [6, 6.07) is 4.81. The van der Waals surface area contributed by atoms with E-state index in [1.165, 1.54) is 6.07 Å². The van der Waals surface area contributed by atoms with E-state index in [2.05, 4.69) is 10.2 Å². The second-order valence-corrected chi connectivity index (χ2v) is 3.01. The van der Waals surface area contributed by atoms with Gasteiger partial charge in [-0.05, 0) is 18.2 Å². The molecular formula is C9H11FN2. The number of hydrogen-bond donors (Lipinski definition) is 1. The van der Waals surface area contributed by atoms with E-state index in [1.54, 1.807) is 12.1 Å². The monoisotopic (exact) mass is 166 g/mol. The van der Waals surface area contributed by atoms with Crippen LogP contribution in [0.15, 0.2) is 18.2 Å². The summed E-state index contributed by atoms with van der Waals surface area (Å²) < 4.78 is 12.8. The van der Waals surface area contributed by atoms with Crippen LogP contribution in [0.1, 0.15) is 0 Å². The molecule has 1 heterocycles. The zero-order valence-corrected chi connectivity index (χ0v) is 6.97. The summed E-state index contributed by atoms with van der Waals surface area (Å²) in [5, 5.41) is 3.21. The van der Waals surface area contributed by atoms with E-state index < -0.39 is 0 Å². The van der Waals surface area contributed by atoms with E-state index in [4.69, 9.17) is 0 Å². The highest BCUT2D eigenvalue weighted by molar-refractivity contribution is 5.71. The number of likely N-dealkylation sites (N-methyl/N-ethyl adjacent to an activating group) is 1. The number of nitrogens with zero attached hydrogens (tertiary/aromatic N) is 1. The lowest BCUT2D eigenvalue weighted by Gasteiger charge is -2.28. The van der Waals surface area contributed by atoms with Crippen LogP contribution in [0.2, 0.25) is 0 Å². The Bertz CT molecular complexity index is 299. The molecule has 0 unspecified atom stereocenters. The van der Waals surface area contributed by atoms with Crippen LogP contribution >= 0.6 is 0 Å². The minimum absolute atomic E-state index is 0.177. The molecule has 0 atom stereocenters. The quantitative estimate of drug-likeness (QED) is 0.631. The molecule has 1 aromatic rings. The van der Waals surface area contributed by atoms with Gasteiger partial charge in [0.2, 0.25) is 0 Å². The van der Waals surface area contributed by atoms with E-state index in [9.17, 15) is 4.39 Å². The lowest BCUT2D eigenvalue weighted by molar-refractivity contribution is 0.627. The first kappa shape index (κ1) is 7.40. The first-order valence-electron chi connectivity index (χ1n) is 4.02. The first-order chi connectivity index (χ1) is 5.77. The molecule has 0 amide bonds. The van der Waals surface area contributed by atoms with Gasteiger partial charge in [-0.2, -0.15) is 0 Å². The van der Waals surface area contributed by atoms with E-state index in [0.29, 0.717) is 0 Å². The zero-order chi connectivity index (χ0) is 8.55. The Morgan fingerprint density at radius 3 is 3.17 bits per heavy atom. The highest BCUT2D eigenvalue weighted by Crippen LogP contribution is 2.28. The minimum atomic E-state index is -0.177. The van der Waals surface area contributed by atoms with Crippen molar-refractivity contribution in [1.82, 2.24) is 0 Å². The summed E-state index contributed by atoms with van der Waals surface area (Å²) in [6.45, 7) is 1.85. The number of rotatable bonds is 0. The van der Waals surface area contributed by atoms with Crippen molar-refractivity contribution in [3.63, 3.8) is 0 Å². The van der Waals surface area contributed by atoms with Gasteiger partial charge in [0.25, 0.3) is 0 Å². The Kier molecular flexibility index (Phi) is 1.64. The third-order valence-corrected chi connectivity index (χ3v) is 2.13. The molecule has 1 aliphatic heterocycles. The van der Waals surface area contributed by atoms with Crippen LogP contribution in [0.4, 0.5) is 15.8 Å². The molecule has 1 aromatic carbocycles. The number of anilines is 2. The van der Waals surface area contributed by atoms with Gasteiger partial charge in [0, 0.05) is 20.1 Å². The molecule has 2 nitrogen and oxygen atoms in total. The van der Waals surface area contributed by atoms with E-state index in [-0.39, 0.29) is 5.82 Å². The van der Waals surface area contributed by atoms with Crippen LogP contribution in [-0.2, 0) is 0 Å². The van der Waals surface area contributed by atoms with Gasteiger partial charge >= 0.3 is 0 Å². The maximum absolute atomic E-state index is 12.8. The topological polar surface area (TPSA) is 15.3 Å². The Morgan fingerprint density at radius 2 is 2.33 bits per heavy atom. The minimum Gasteiger partial charge on any atom is -0.382 e. The van der Waals surface area contributed by atoms with E-state index >= 15 is 0 Å². The molecule has 0 spiro atoms. The predicted octanol–water partition coefficient (Wildman–Crippen LogP) is 1.69. The van der Waals surface area contributed by atoms with Gasteiger partial charge in [-0.1, -0.05) is 0 Å². The second kappa shape index (κ2) is 2.66. The normalized spacial score (nSPS) is 15.3. The third kappa shape index (κ3) is 1.11. The van der Waals surface area contributed by atoms with Crippen LogP contribution in [0.3, 0.4) is 0 Å². The summed E-state index contributed by atoms with van der Waals surface area (Å²) in [4.78, 5) is 2.05. The van der Waals surface area contributed by atoms with Gasteiger partial charge in [-0.15, -0.1) is 0 Å². The van der Waals surface area contributed by atoms with Crippen molar-refractivity contribution < 1.29 is 4.39 Å². The summed E-state index contributed by atoms with van der Waals surface area (Å²) in [5.74, 6) is -0.177. The molecule has 0 aromatic heterocycles. The van der Waals surface area contributed by atoms with Gasteiger partial charge in [-0.25, -0.2) is 4.39 Å². The molecule has 1 N–H and O–H groups in total. The molecule has 64 valence electrons. The molecule has 0 fully saturated rings. The molecule has 2 rings (SSSR count). The standard InChI is InChI=1S/C9H11FN2/c1-12-5-4-11-8-3-2-7(10)6-9(8)12/h2-3,6,11H,4-5H2,1H3. The third-order valence-electron chi connectivity index (χ3n) is 2.13. The Morgan fingerprint density at radius 1 is 1.50 bits per heavy atom. The van der Waals surface area contributed by atoms with Crippen LogP contribution < -0.4 is 10.2 Å². The van der Waals surface area contributed by atoms with Crippen LogP contribution in [0.5, 0.6) is 0 Å². The molecule has 0 saturated carbocycles. The SMILES string of the molecule is CN1CCNc2ccc(F)cc21. The number of hydrogen-bond acceptors (Lipinski definition) is 2. The van der Waals surface area contributed by atoms with Gasteiger partial charge in [0.05, 0.1) is 11.4 Å². The Hall–Kier alpha value is -1.25. The summed E-state index contributed by atoms with van der Waals surface area (Å²) in [6.07, 6.45) is 0. The van der Waals surface area contributed by atoms with Crippen LogP contribution in [0, 0.1) is 5.82 Å². The molecule has 0 saturated heterocycles. The largest absolute Gasteiger partial charge is 0.382 e. The van der Waals surface area contributed by atoms with Crippen molar-refractivity contribution in [2.75, 3.05) is 30.4 Å². The Balaban J connectivity index is 2.47. The number of halogens is 1. The predicted molar refractivity (Wildman–Crippen MR) is 48.2 cm³/mol. The summed E-state index contributed by atoms with van der Waals surface area (Å²) >= 11 is 0. The lowest BCUT2D eigenvalue weighted by atomic mass is 10.2. The highest BCUT2D eigenvalue weighted by atomic mass is 19.1. The molecule has 3 heteroatoms. The average molecular weight is 166 g/mol. The van der Waals surface area contributed by atoms with E-state index in [1.807, 2.05) is 7.05 Å². The number of nitrogens with one attached hydrogen (secondary N) is 1. The van der Waals surface area contributed by atoms with Gasteiger partial charge in [0.1, 0.15) is 5.82 Å². The maximum atomic E-state index is 12.8. The molecular weight excluding hydrogens is 155 g/mol. The van der Waals surface area contributed by atoms with Crippen molar-refractivity contribution in [1.29, 1.82) is 0 Å². The van der Waals surface area contributed by atoms with Crippen molar-refractivity contribution in [2.24, 2.45) is 0 Å². The molecule has 0 radical (unpaired) electrons. The molecule has 12 heavy (non-hydrogen) atoms. The fourth-order valence-corrected chi connectivity index (χ4v) is 1.45. The lowest BCUT2D eigenvalue weighted by Crippen LogP contribution is -2.30. The van der Waals surface area contributed by atoms with Crippen LogP contribution in [-0.4, -0.2) is 20.1 Å². The summed E-state index contributed by atoms with van der Waals surface area (Å²) in [7, 11) is 1.97. The summed E-state index contributed by atoms with van der Waals surface area (Å²) in [5.41, 5.74) is 1.96. The number of fused-ring (bicyclic) bond motifs is 1. The van der Waals surface area contributed by atoms with Crippen LogP contribution in [0.25, 0.3) is 0 Å².